The van der Waals surface area contributed by atoms with Crippen LogP contribution < -0.4 is 10.1 Å². The third-order valence-corrected chi connectivity index (χ3v) is 3.48. The Morgan fingerprint density at radius 2 is 2.33 bits per heavy atom. The van der Waals surface area contributed by atoms with Gasteiger partial charge in [0.05, 0.1) is 7.11 Å². The smallest absolute Gasteiger partial charge is 0.321 e. The minimum Gasteiger partial charge on any atom is -0.497 e. The molecule has 0 radical (unpaired) electrons. The molecule has 1 atom stereocenters. The number of benzene rings is 1. The second-order valence-corrected chi connectivity index (χ2v) is 4.93. The standard InChI is InChI=1S/C13H19NO3S/c1-3-7-14-12(13(15)16)9-18-11-6-4-5-10(8-11)17-2/h4-6,8,12,14H,3,7,9H2,1-2H3,(H,15,16). The van der Waals surface area contributed by atoms with Gasteiger partial charge >= 0.3 is 5.97 Å². The molecule has 0 aromatic heterocycles. The summed E-state index contributed by atoms with van der Waals surface area (Å²) in [6.07, 6.45) is 0.924. The average Bonchev–Trinajstić information content (AvgIpc) is 2.38. The monoisotopic (exact) mass is 269 g/mol. The molecule has 1 aromatic carbocycles. The summed E-state index contributed by atoms with van der Waals surface area (Å²) in [5.74, 6) is 0.481. The molecule has 1 rings (SSSR count). The Morgan fingerprint density at radius 1 is 1.56 bits per heavy atom. The van der Waals surface area contributed by atoms with Gasteiger partial charge in [-0.3, -0.25) is 4.79 Å². The van der Waals surface area contributed by atoms with Gasteiger partial charge in [0.25, 0.3) is 0 Å². The predicted octanol–water partition coefficient (Wildman–Crippen LogP) is 2.24. The lowest BCUT2D eigenvalue weighted by Crippen LogP contribution is -2.39. The third-order valence-electron chi connectivity index (χ3n) is 2.40. The SMILES string of the molecule is CCCNC(CSc1cccc(OC)c1)C(=O)O. The van der Waals surface area contributed by atoms with Gasteiger partial charge in [-0.15, -0.1) is 11.8 Å². The van der Waals surface area contributed by atoms with Crippen molar-refractivity contribution in [2.45, 2.75) is 24.3 Å². The first-order valence-electron chi connectivity index (χ1n) is 5.90. The van der Waals surface area contributed by atoms with Crippen molar-refractivity contribution in [1.29, 1.82) is 0 Å². The largest absolute Gasteiger partial charge is 0.497 e. The number of rotatable bonds is 8. The molecule has 18 heavy (non-hydrogen) atoms. The first-order chi connectivity index (χ1) is 8.67. The van der Waals surface area contributed by atoms with Crippen molar-refractivity contribution in [1.82, 2.24) is 5.32 Å². The van der Waals surface area contributed by atoms with Crippen LogP contribution >= 0.6 is 11.8 Å². The van der Waals surface area contributed by atoms with E-state index in [0.717, 1.165) is 23.6 Å². The van der Waals surface area contributed by atoms with Crippen LogP contribution in [0.5, 0.6) is 5.75 Å². The van der Waals surface area contributed by atoms with E-state index in [1.54, 1.807) is 7.11 Å². The van der Waals surface area contributed by atoms with E-state index < -0.39 is 12.0 Å². The highest BCUT2D eigenvalue weighted by atomic mass is 32.2. The van der Waals surface area contributed by atoms with E-state index in [9.17, 15) is 4.79 Å². The number of carboxylic acids is 1. The van der Waals surface area contributed by atoms with E-state index in [4.69, 9.17) is 9.84 Å². The van der Waals surface area contributed by atoms with Crippen LogP contribution in [-0.2, 0) is 4.79 Å². The van der Waals surface area contributed by atoms with Gasteiger partial charge in [0, 0.05) is 10.6 Å². The normalized spacial score (nSPS) is 12.1. The molecule has 0 spiro atoms. The van der Waals surface area contributed by atoms with Gasteiger partial charge in [0.2, 0.25) is 0 Å². The molecule has 0 aliphatic carbocycles. The highest BCUT2D eigenvalue weighted by Crippen LogP contribution is 2.23. The molecule has 2 N–H and O–H groups in total. The van der Waals surface area contributed by atoms with Crippen molar-refractivity contribution in [2.75, 3.05) is 19.4 Å². The summed E-state index contributed by atoms with van der Waals surface area (Å²) in [5.41, 5.74) is 0. The van der Waals surface area contributed by atoms with Crippen molar-refractivity contribution in [3.05, 3.63) is 24.3 Å². The number of nitrogens with one attached hydrogen (secondary N) is 1. The van der Waals surface area contributed by atoms with Gasteiger partial charge in [0.15, 0.2) is 0 Å². The predicted molar refractivity (Wildman–Crippen MR) is 73.4 cm³/mol. The summed E-state index contributed by atoms with van der Waals surface area (Å²) < 4.78 is 5.13. The zero-order valence-corrected chi connectivity index (χ0v) is 11.5. The molecule has 0 saturated carbocycles. The maximum absolute atomic E-state index is 11.0. The van der Waals surface area contributed by atoms with Crippen LogP contribution in [-0.4, -0.2) is 36.5 Å². The maximum atomic E-state index is 11.0. The van der Waals surface area contributed by atoms with Crippen LogP contribution in [0, 0.1) is 0 Å². The van der Waals surface area contributed by atoms with Crippen molar-refractivity contribution in [2.24, 2.45) is 0 Å². The van der Waals surface area contributed by atoms with Gasteiger partial charge in [0.1, 0.15) is 11.8 Å². The molecule has 0 aliphatic rings. The fraction of sp³-hybridized carbons (Fsp3) is 0.462. The second-order valence-electron chi connectivity index (χ2n) is 3.83. The Labute approximate surface area is 112 Å². The molecule has 100 valence electrons. The van der Waals surface area contributed by atoms with E-state index in [1.807, 2.05) is 31.2 Å². The fourth-order valence-corrected chi connectivity index (χ4v) is 2.40. The van der Waals surface area contributed by atoms with Gasteiger partial charge in [-0.25, -0.2) is 0 Å². The summed E-state index contributed by atoms with van der Waals surface area (Å²) in [7, 11) is 1.62. The Morgan fingerprint density at radius 3 is 2.94 bits per heavy atom. The van der Waals surface area contributed by atoms with Crippen molar-refractivity contribution in [3.63, 3.8) is 0 Å². The highest BCUT2D eigenvalue weighted by Gasteiger charge is 2.16. The molecule has 0 saturated heterocycles. The molecule has 0 heterocycles. The number of methoxy groups -OCH3 is 1. The van der Waals surface area contributed by atoms with Crippen LogP contribution in [0.1, 0.15) is 13.3 Å². The van der Waals surface area contributed by atoms with Gasteiger partial charge in [-0.1, -0.05) is 13.0 Å². The Hall–Kier alpha value is -1.20. The number of thioether (sulfide) groups is 1. The van der Waals surface area contributed by atoms with E-state index in [2.05, 4.69) is 5.32 Å². The molecule has 1 unspecified atom stereocenters. The quantitative estimate of drug-likeness (QED) is 0.709. The maximum Gasteiger partial charge on any atom is 0.321 e. The summed E-state index contributed by atoms with van der Waals surface area (Å²) in [4.78, 5) is 12.1. The Balaban J connectivity index is 2.52. The fourth-order valence-electron chi connectivity index (χ4n) is 1.41. The van der Waals surface area contributed by atoms with E-state index >= 15 is 0 Å². The second kappa shape index (κ2) is 8.00. The van der Waals surface area contributed by atoms with Crippen molar-refractivity contribution >= 4 is 17.7 Å². The Kier molecular flexibility index (Phi) is 6.60. The number of ether oxygens (including phenoxy) is 1. The first-order valence-corrected chi connectivity index (χ1v) is 6.89. The lowest BCUT2D eigenvalue weighted by atomic mass is 10.3. The topological polar surface area (TPSA) is 58.6 Å². The van der Waals surface area contributed by atoms with E-state index in [0.29, 0.717) is 5.75 Å². The molecule has 5 heteroatoms. The molecule has 0 bridgehead atoms. The number of carbonyl (C=O) groups is 1. The Bertz CT molecular complexity index is 384. The summed E-state index contributed by atoms with van der Waals surface area (Å²) >= 11 is 1.51. The highest BCUT2D eigenvalue weighted by molar-refractivity contribution is 7.99. The van der Waals surface area contributed by atoms with Crippen molar-refractivity contribution < 1.29 is 14.6 Å². The summed E-state index contributed by atoms with van der Waals surface area (Å²) in [6.45, 7) is 2.73. The van der Waals surface area contributed by atoms with Crippen LogP contribution in [0.15, 0.2) is 29.2 Å². The van der Waals surface area contributed by atoms with Gasteiger partial charge in [-0.2, -0.15) is 0 Å². The zero-order chi connectivity index (χ0) is 13.4. The molecule has 4 nitrogen and oxygen atoms in total. The van der Waals surface area contributed by atoms with Gasteiger partial charge in [-0.05, 0) is 31.2 Å². The lowest BCUT2D eigenvalue weighted by molar-refractivity contribution is -0.138. The molecule has 0 fully saturated rings. The summed E-state index contributed by atoms with van der Waals surface area (Å²) in [6, 6.07) is 7.11. The van der Waals surface area contributed by atoms with Crippen LogP contribution in [0.2, 0.25) is 0 Å². The van der Waals surface area contributed by atoms with Crippen LogP contribution in [0.25, 0.3) is 0 Å². The number of hydrogen-bond acceptors (Lipinski definition) is 4. The molecule has 0 amide bonds. The molecule has 0 aliphatic heterocycles. The summed E-state index contributed by atoms with van der Waals surface area (Å²) in [5, 5.41) is 12.1. The minimum absolute atomic E-state index is 0.502. The van der Waals surface area contributed by atoms with E-state index in [1.165, 1.54) is 11.8 Å². The molecular formula is C13H19NO3S. The van der Waals surface area contributed by atoms with E-state index in [-0.39, 0.29) is 0 Å². The van der Waals surface area contributed by atoms with Crippen LogP contribution in [0.4, 0.5) is 0 Å². The average molecular weight is 269 g/mol. The number of hydrogen-bond donors (Lipinski definition) is 2. The minimum atomic E-state index is -0.807. The van der Waals surface area contributed by atoms with Crippen LogP contribution in [0.3, 0.4) is 0 Å². The molecular weight excluding hydrogens is 250 g/mol. The molecule has 1 aromatic rings. The van der Waals surface area contributed by atoms with Crippen molar-refractivity contribution in [3.8, 4) is 5.75 Å². The number of carboxylic acid groups (broad SMARTS) is 1. The zero-order valence-electron chi connectivity index (χ0n) is 10.7. The lowest BCUT2D eigenvalue weighted by Gasteiger charge is -2.13. The first kappa shape index (κ1) is 14.9. The third kappa shape index (κ3) is 4.98. The van der Waals surface area contributed by atoms with Gasteiger partial charge < -0.3 is 15.2 Å². The number of aliphatic carboxylic acids is 1.